The largest absolute Gasteiger partial charge is 0.0622 e. The summed E-state index contributed by atoms with van der Waals surface area (Å²) in [4.78, 5) is 0. The van der Waals surface area contributed by atoms with Gasteiger partial charge in [-0.15, -0.1) is 0 Å². The standard InChI is InChI=1S/C57H40/c1-36(2)49-33-41-21-9-10-26-44(41)56-51-35-53-52(34-50(51)45-27-11-12-28-46(45)57(49)56)54(42-24-15-22-39(31-42)37-17-5-3-6-18-37)47-29-13-14-30-48(47)55(53)43-25-16-23-40(32-43)38-19-7-4-8-20-38/h3-36H,1-2H3. The molecule has 57 heavy (non-hydrogen) atoms. The molecule has 0 unspecified atom stereocenters. The molecule has 0 aliphatic heterocycles. The lowest BCUT2D eigenvalue weighted by atomic mass is 9.81. The number of benzene rings is 11. The number of rotatable bonds is 5. The number of hydrogen-bond donors (Lipinski definition) is 0. The Balaban J connectivity index is 1.36. The van der Waals surface area contributed by atoms with Crippen LogP contribution in [0.3, 0.4) is 0 Å². The summed E-state index contributed by atoms with van der Waals surface area (Å²) < 4.78 is 0. The molecule has 0 heteroatoms. The molecule has 0 spiro atoms. The van der Waals surface area contributed by atoms with E-state index in [4.69, 9.17) is 0 Å². The van der Waals surface area contributed by atoms with Crippen molar-refractivity contribution >= 4 is 64.6 Å². The van der Waals surface area contributed by atoms with Gasteiger partial charge in [0, 0.05) is 0 Å². The monoisotopic (exact) mass is 724 g/mol. The van der Waals surface area contributed by atoms with Gasteiger partial charge < -0.3 is 0 Å². The molecule has 0 bridgehead atoms. The van der Waals surface area contributed by atoms with Crippen LogP contribution in [-0.4, -0.2) is 0 Å². The van der Waals surface area contributed by atoms with E-state index >= 15 is 0 Å². The number of hydrogen-bond acceptors (Lipinski definition) is 0. The Morgan fingerprint density at radius 3 is 1.26 bits per heavy atom. The lowest BCUT2D eigenvalue weighted by Crippen LogP contribution is -1.96. The first-order chi connectivity index (χ1) is 28.1. The van der Waals surface area contributed by atoms with Crippen LogP contribution in [-0.2, 0) is 0 Å². The van der Waals surface area contributed by atoms with E-state index in [1.807, 2.05) is 0 Å². The number of fused-ring (bicyclic) bond motifs is 10. The third-order valence-electron chi connectivity index (χ3n) is 12.1. The summed E-state index contributed by atoms with van der Waals surface area (Å²) in [6.45, 7) is 4.67. The van der Waals surface area contributed by atoms with Gasteiger partial charge in [0.2, 0.25) is 0 Å². The van der Waals surface area contributed by atoms with E-state index in [1.54, 1.807) is 0 Å². The van der Waals surface area contributed by atoms with Gasteiger partial charge in [-0.05, 0) is 145 Å². The van der Waals surface area contributed by atoms with Crippen molar-refractivity contribution in [1.29, 1.82) is 0 Å². The van der Waals surface area contributed by atoms with Gasteiger partial charge in [-0.25, -0.2) is 0 Å². The first-order valence-corrected chi connectivity index (χ1v) is 20.1. The normalized spacial score (nSPS) is 11.8. The lowest BCUT2D eigenvalue weighted by Gasteiger charge is -2.22. The molecule has 0 aliphatic rings. The van der Waals surface area contributed by atoms with Crippen molar-refractivity contribution in [3.8, 4) is 44.5 Å². The van der Waals surface area contributed by atoms with Gasteiger partial charge in [0.1, 0.15) is 0 Å². The van der Waals surface area contributed by atoms with Crippen LogP contribution < -0.4 is 0 Å². The third kappa shape index (κ3) is 5.36. The van der Waals surface area contributed by atoms with Gasteiger partial charge >= 0.3 is 0 Å². The van der Waals surface area contributed by atoms with Gasteiger partial charge in [-0.2, -0.15) is 0 Å². The van der Waals surface area contributed by atoms with Crippen LogP contribution in [0.1, 0.15) is 25.3 Å². The van der Waals surface area contributed by atoms with Crippen LogP contribution in [0.4, 0.5) is 0 Å². The second kappa shape index (κ2) is 13.3. The molecule has 0 N–H and O–H groups in total. The van der Waals surface area contributed by atoms with Crippen molar-refractivity contribution < 1.29 is 0 Å². The molecule has 11 rings (SSSR count). The summed E-state index contributed by atoms with van der Waals surface area (Å²) in [6, 6.07) is 74.5. The maximum atomic E-state index is 2.55. The average Bonchev–Trinajstić information content (AvgIpc) is 3.28. The summed E-state index contributed by atoms with van der Waals surface area (Å²) in [6.07, 6.45) is 0. The van der Waals surface area contributed by atoms with Crippen LogP contribution in [0.5, 0.6) is 0 Å². The Labute approximate surface area is 333 Å². The summed E-state index contributed by atoms with van der Waals surface area (Å²) in [5.41, 5.74) is 11.3. The topological polar surface area (TPSA) is 0 Å². The fourth-order valence-electron chi connectivity index (χ4n) is 9.57. The minimum absolute atomic E-state index is 0.363. The van der Waals surface area contributed by atoms with E-state index in [0.29, 0.717) is 5.92 Å². The van der Waals surface area contributed by atoms with E-state index in [1.165, 1.54) is 115 Å². The molecule has 0 fully saturated rings. The van der Waals surface area contributed by atoms with Crippen LogP contribution >= 0.6 is 0 Å². The molecule has 11 aromatic carbocycles. The lowest BCUT2D eigenvalue weighted by molar-refractivity contribution is 0.879. The van der Waals surface area contributed by atoms with Crippen LogP contribution in [0, 0.1) is 0 Å². The van der Waals surface area contributed by atoms with Gasteiger partial charge in [-0.1, -0.05) is 190 Å². The van der Waals surface area contributed by atoms with Crippen molar-refractivity contribution in [1.82, 2.24) is 0 Å². The Morgan fingerprint density at radius 2 is 0.702 bits per heavy atom. The van der Waals surface area contributed by atoms with Crippen LogP contribution in [0.25, 0.3) is 109 Å². The average molecular weight is 725 g/mol. The van der Waals surface area contributed by atoms with Crippen molar-refractivity contribution in [3.63, 3.8) is 0 Å². The molecule has 0 amide bonds. The quantitative estimate of drug-likeness (QED) is 0.122. The van der Waals surface area contributed by atoms with E-state index in [-0.39, 0.29) is 0 Å². The molecular formula is C57H40. The second-order valence-corrected chi connectivity index (χ2v) is 15.8. The van der Waals surface area contributed by atoms with Crippen molar-refractivity contribution in [2.45, 2.75) is 19.8 Å². The molecule has 0 aromatic heterocycles. The maximum absolute atomic E-state index is 2.55. The molecule has 11 aromatic rings. The Morgan fingerprint density at radius 1 is 0.263 bits per heavy atom. The Kier molecular flexibility index (Phi) is 7.79. The van der Waals surface area contributed by atoms with Gasteiger partial charge in [0.05, 0.1) is 0 Å². The predicted molar refractivity (Wildman–Crippen MR) is 247 cm³/mol. The molecule has 0 saturated heterocycles. The molecule has 0 saturated carbocycles. The van der Waals surface area contributed by atoms with E-state index < -0.39 is 0 Å². The smallest absolute Gasteiger partial charge is 0.00173 e. The highest BCUT2D eigenvalue weighted by Gasteiger charge is 2.22. The molecule has 268 valence electrons. The minimum Gasteiger partial charge on any atom is -0.0622 e. The van der Waals surface area contributed by atoms with E-state index in [2.05, 4.69) is 214 Å². The van der Waals surface area contributed by atoms with Crippen LogP contribution in [0.2, 0.25) is 0 Å². The molecule has 0 heterocycles. The van der Waals surface area contributed by atoms with Gasteiger partial charge in [-0.3, -0.25) is 0 Å². The summed E-state index contributed by atoms with van der Waals surface area (Å²) in [5, 5.41) is 15.6. The first-order valence-electron chi connectivity index (χ1n) is 20.1. The zero-order chi connectivity index (χ0) is 38.0. The van der Waals surface area contributed by atoms with Crippen molar-refractivity contribution in [3.05, 3.63) is 206 Å². The maximum Gasteiger partial charge on any atom is -0.00173 e. The van der Waals surface area contributed by atoms with Gasteiger partial charge in [0.15, 0.2) is 0 Å². The van der Waals surface area contributed by atoms with Crippen molar-refractivity contribution in [2.75, 3.05) is 0 Å². The SMILES string of the molecule is CC(C)c1cc2ccccc2c2c3cc4c(-c5cccc(-c6ccccc6)c5)c5ccccc5c(-c5cccc(-c6ccccc6)c5)c4cc3c3ccccc3c12. The van der Waals surface area contributed by atoms with Gasteiger partial charge in [0.25, 0.3) is 0 Å². The molecule has 0 atom stereocenters. The fraction of sp³-hybridized carbons (Fsp3) is 0.0526. The van der Waals surface area contributed by atoms with Crippen LogP contribution in [0.15, 0.2) is 200 Å². The third-order valence-corrected chi connectivity index (χ3v) is 12.1. The fourth-order valence-corrected chi connectivity index (χ4v) is 9.57. The zero-order valence-electron chi connectivity index (χ0n) is 32.1. The Hall–Kier alpha value is -7.02. The molecule has 0 radical (unpaired) electrons. The first kappa shape index (κ1) is 33.3. The molecule has 0 aliphatic carbocycles. The highest BCUT2D eigenvalue weighted by Crippen LogP contribution is 2.49. The Bertz CT molecular complexity index is 3350. The zero-order valence-corrected chi connectivity index (χ0v) is 32.1. The molecule has 0 nitrogen and oxygen atoms in total. The summed E-state index contributed by atoms with van der Waals surface area (Å²) >= 11 is 0. The molecular weight excluding hydrogens is 685 g/mol. The second-order valence-electron chi connectivity index (χ2n) is 15.8. The van der Waals surface area contributed by atoms with Crippen molar-refractivity contribution in [2.24, 2.45) is 0 Å². The summed E-state index contributed by atoms with van der Waals surface area (Å²) in [5.74, 6) is 0.363. The predicted octanol–water partition coefficient (Wildman–Crippen LogP) is 16.4. The van der Waals surface area contributed by atoms with E-state index in [0.717, 1.165) is 0 Å². The minimum atomic E-state index is 0.363. The highest BCUT2D eigenvalue weighted by atomic mass is 14.2. The summed E-state index contributed by atoms with van der Waals surface area (Å²) in [7, 11) is 0. The highest BCUT2D eigenvalue weighted by molar-refractivity contribution is 6.35. The van der Waals surface area contributed by atoms with E-state index in [9.17, 15) is 0 Å².